The fourth-order valence-electron chi connectivity index (χ4n) is 1.12. The van der Waals surface area contributed by atoms with E-state index in [0.717, 1.165) is 12.8 Å². The van der Waals surface area contributed by atoms with Crippen LogP contribution < -0.4 is 0 Å². The zero-order valence-electron chi connectivity index (χ0n) is 8.63. The first-order chi connectivity index (χ1) is 6.11. The van der Waals surface area contributed by atoms with E-state index < -0.39 is 5.97 Å². The van der Waals surface area contributed by atoms with Crippen LogP contribution in [0, 0.1) is 5.92 Å². The average molecular weight is 186 g/mol. The maximum atomic E-state index is 11.3. The average Bonchev–Trinajstić information content (AvgIpc) is 2.05. The summed E-state index contributed by atoms with van der Waals surface area (Å²) in [4.78, 5) is 22.2. The Morgan fingerprint density at radius 1 is 1.31 bits per heavy atom. The van der Waals surface area contributed by atoms with Gasteiger partial charge in [-0.2, -0.15) is 0 Å². The highest BCUT2D eigenvalue weighted by molar-refractivity contribution is 5.96. The first-order valence-corrected chi connectivity index (χ1v) is 4.80. The molecule has 0 N–H and O–H groups in total. The van der Waals surface area contributed by atoms with Crippen LogP contribution in [0.5, 0.6) is 0 Å². The summed E-state index contributed by atoms with van der Waals surface area (Å²) in [5, 5.41) is 0. The maximum absolute atomic E-state index is 11.3. The van der Waals surface area contributed by atoms with Gasteiger partial charge in [0.05, 0.1) is 6.61 Å². The monoisotopic (exact) mass is 186 g/mol. The molecule has 0 amide bonds. The fraction of sp³-hybridized carbons (Fsp3) is 0.800. The number of ketones is 1. The molecule has 0 aromatic rings. The standard InChI is InChI=1S/C10H18O3/c1-4-6-8(3)9(11)7-10(12)13-5-2/h8H,4-7H2,1-3H3. The van der Waals surface area contributed by atoms with Gasteiger partial charge in [-0.05, 0) is 13.3 Å². The predicted molar refractivity (Wildman–Crippen MR) is 50.3 cm³/mol. The van der Waals surface area contributed by atoms with Gasteiger partial charge in [0.15, 0.2) is 0 Å². The van der Waals surface area contributed by atoms with Crippen LogP contribution in [0.25, 0.3) is 0 Å². The van der Waals surface area contributed by atoms with E-state index in [0.29, 0.717) is 6.61 Å². The molecule has 0 heterocycles. The lowest BCUT2D eigenvalue weighted by molar-refractivity contribution is -0.146. The molecule has 0 saturated heterocycles. The minimum atomic E-state index is -0.407. The molecule has 0 aromatic carbocycles. The fourth-order valence-corrected chi connectivity index (χ4v) is 1.12. The topological polar surface area (TPSA) is 43.4 Å². The maximum Gasteiger partial charge on any atom is 0.313 e. The van der Waals surface area contributed by atoms with Crippen molar-refractivity contribution in [3.63, 3.8) is 0 Å². The van der Waals surface area contributed by atoms with Gasteiger partial charge in [0, 0.05) is 5.92 Å². The Bertz CT molecular complexity index is 175. The Morgan fingerprint density at radius 2 is 1.92 bits per heavy atom. The second-order valence-electron chi connectivity index (χ2n) is 3.14. The Hall–Kier alpha value is -0.860. The summed E-state index contributed by atoms with van der Waals surface area (Å²) in [6.07, 6.45) is 1.74. The zero-order valence-corrected chi connectivity index (χ0v) is 8.63. The molecule has 0 aliphatic heterocycles. The van der Waals surface area contributed by atoms with Crippen LogP contribution >= 0.6 is 0 Å². The SMILES string of the molecule is CCCC(C)C(=O)CC(=O)OCC. The van der Waals surface area contributed by atoms with Crippen molar-refractivity contribution in [2.45, 2.75) is 40.0 Å². The van der Waals surface area contributed by atoms with Gasteiger partial charge in [0.1, 0.15) is 12.2 Å². The molecule has 1 atom stereocenters. The number of carbonyl (C=O) groups is 2. The van der Waals surface area contributed by atoms with E-state index in [-0.39, 0.29) is 18.1 Å². The highest BCUT2D eigenvalue weighted by Crippen LogP contribution is 2.08. The Labute approximate surface area is 79.5 Å². The molecule has 3 heteroatoms. The third kappa shape index (κ3) is 5.39. The second-order valence-corrected chi connectivity index (χ2v) is 3.14. The number of carbonyl (C=O) groups excluding carboxylic acids is 2. The van der Waals surface area contributed by atoms with Crippen LogP contribution in [0.2, 0.25) is 0 Å². The number of Topliss-reactive ketones (excluding diaryl/α,β-unsaturated/α-hetero) is 1. The molecular weight excluding hydrogens is 168 g/mol. The van der Waals surface area contributed by atoms with Gasteiger partial charge in [0.25, 0.3) is 0 Å². The highest BCUT2D eigenvalue weighted by atomic mass is 16.5. The Balaban J connectivity index is 3.78. The molecule has 0 fully saturated rings. The number of rotatable bonds is 6. The van der Waals surface area contributed by atoms with Crippen molar-refractivity contribution >= 4 is 11.8 Å². The van der Waals surface area contributed by atoms with Gasteiger partial charge in [-0.1, -0.05) is 20.3 Å². The number of hydrogen-bond donors (Lipinski definition) is 0. The smallest absolute Gasteiger partial charge is 0.313 e. The van der Waals surface area contributed by atoms with Crippen LogP contribution in [0.1, 0.15) is 40.0 Å². The first-order valence-electron chi connectivity index (χ1n) is 4.80. The summed E-state index contributed by atoms with van der Waals surface area (Å²) in [6.45, 7) is 5.95. The van der Waals surface area contributed by atoms with Crippen molar-refractivity contribution < 1.29 is 14.3 Å². The molecular formula is C10H18O3. The first kappa shape index (κ1) is 12.1. The Kier molecular flexibility index (Phi) is 6.20. The summed E-state index contributed by atoms with van der Waals surface area (Å²) in [6, 6.07) is 0. The number of hydrogen-bond acceptors (Lipinski definition) is 3. The molecule has 0 rings (SSSR count). The minimum Gasteiger partial charge on any atom is -0.466 e. The van der Waals surface area contributed by atoms with Gasteiger partial charge >= 0.3 is 5.97 Å². The summed E-state index contributed by atoms with van der Waals surface area (Å²) >= 11 is 0. The molecule has 0 bridgehead atoms. The van der Waals surface area contributed by atoms with E-state index in [2.05, 4.69) is 4.74 Å². The largest absolute Gasteiger partial charge is 0.466 e. The summed E-state index contributed by atoms with van der Waals surface area (Å²) < 4.78 is 4.68. The summed E-state index contributed by atoms with van der Waals surface area (Å²) in [5.41, 5.74) is 0. The third-order valence-electron chi connectivity index (χ3n) is 1.90. The molecule has 1 unspecified atom stereocenters. The summed E-state index contributed by atoms with van der Waals surface area (Å²) in [5.74, 6) is -0.440. The molecule has 0 aromatic heterocycles. The summed E-state index contributed by atoms with van der Waals surface area (Å²) in [7, 11) is 0. The lowest BCUT2D eigenvalue weighted by Crippen LogP contribution is -2.17. The lowest BCUT2D eigenvalue weighted by Gasteiger charge is -2.07. The van der Waals surface area contributed by atoms with Crippen LogP contribution in [0.15, 0.2) is 0 Å². The minimum absolute atomic E-state index is 0.0136. The second kappa shape index (κ2) is 6.63. The van der Waals surface area contributed by atoms with E-state index >= 15 is 0 Å². The van der Waals surface area contributed by atoms with Crippen molar-refractivity contribution in [3.8, 4) is 0 Å². The lowest BCUT2D eigenvalue weighted by atomic mass is 9.99. The zero-order chi connectivity index (χ0) is 10.3. The van der Waals surface area contributed by atoms with Crippen LogP contribution in [0.4, 0.5) is 0 Å². The van der Waals surface area contributed by atoms with E-state index in [1.807, 2.05) is 13.8 Å². The van der Waals surface area contributed by atoms with Gasteiger partial charge in [-0.25, -0.2) is 0 Å². The van der Waals surface area contributed by atoms with E-state index in [1.165, 1.54) is 0 Å². The van der Waals surface area contributed by atoms with Crippen LogP contribution in [-0.4, -0.2) is 18.4 Å². The van der Waals surface area contributed by atoms with Crippen LogP contribution in [-0.2, 0) is 14.3 Å². The van der Waals surface area contributed by atoms with Crippen molar-refractivity contribution in [3.05, 3.63) is 0 Å². The molecule has 13 heavy (non-hydrogen) atoms. The molecule has 0 aliphatic rings. The predicted octanol–water partition coefficient (Wildman–Crippen LogP) is 1.94. The molecule has 0 saturated carbocycles. The van der Waals surface area contributed by atoms with Crippen molar-refractivity contribution in [2.75, 3.05) is 6.61 Å². The quantitative estimate of drug-likeness (QED) is 0.470. The van der Waals surface area contributed by atoms with Gasteiger partial charge in [-0.15, -0.1) is 0 Å². The van der Waals surface area contributed by atoms with E-state index in [9.17, 15) is 9.59 Å². The molecule has 0 radical (unpaired) electrons. The molecule has 0 spiro atoms. The van der Waals surface area contributed by atoms with E-state index in [1.54, 1.807) is 6.92 Å². The number of ether oxygens (including phenoxy) is 1. The van der Waals surface area contributed by atoms with Gasteiger partial charge < -0.3 is 4.74 Å². The number of esters is 1. The van der Waals surface area contributed by atoms with Crippen molar-refractivity contribution in [1.82, 2.24) is 0 Å². The highest BCUT2D eigenvalue weighted by Gasteiger charge is 2.16. The Morgan fingerprint density at radius 3 is 2.38 bits per heavy atom. The molecule has 3 nitrogen and oxygen atoms in total. The van der Waals surface area contributed by atoms with Crippen LogP contribution in [0.3, 0.4) is 0 Å². The third-order valence-corrected chi connectivity index (χ3v) is 1.90. The van der Waals surface area contributed by atoms with E-state index in [4.69, 9.17) is 0 Å². The van der Waals surface area contributed by atoms with Crippen molar-refractivity contribution in [2.24, 2.45) is 5.92 Å². The normalized spacial score (nSPS) is 12.2. The van der Waals surface area contributed by atoms with Gasteiger partial charge in [-0.3, -0.25) is 9.59 Å². The molecule has 76 valence electrons. The van der Waals surface area contributed by atoms with Gasteiger partial charge in [0.2, 0.25) is 0 Å². The molecule has 0 aliphatic carbocycles. The van der Waals surface area contributed by atoms with Crippen molar-refractivity contribution in [1.29, 1.82) is 0 Å².